The Hall–Kier alpha value is -2.89. The maximum atomic E-state index is 13.2. The minimum absolute atomic E-state index is 0.0673. The van der Waals surface area contributed by atoms with E-state index in [2.05, 4.69) is 11.1 Å². The summed E-state index contributed by atoms with van der Waals surface area (Å²) in [5.41, 5.74) is 5.34. The fraction of sp³-hybridized carbons (Fsp3) is 0.240. The number of nitrogens with zero attached hydrogens (tertiary/aromatic N) is 2. The van der Waals surface area contributed by atoms with Gasteiger partial charge < -0.3 is 9.64 Å². The van der Waals surface area contributed by atoms with Crippen molar-refractivity contribution in [2.24, 2.45) is 0 Å². The first-order chi connectivity index (χ1) is 15.4. The van der Waals surface area contributed by atoms with E-state index in [-0.39, 0.29) is 24.7 Å². The average molecular weight is 467 g/mol. The molecular weight excluding hydrogens is 447 g/mol. The highest BCUT2D eigenvalue weighted by atomic mass is 35.5. The molecule has 0 saturated heterocycles. The van der Waals surface area contributed by atoms with Crippen LogP contribution in [-0.2, 0) is 16.0 Å². The molecule has 0 radical (unpaired) electrons. The number of ketones is 1. The third-order valence-corrected chi connectivity index (χ3v) is 6.41. The van der Waals surface area contributed by atoms with Crippen LogP contribution in [0.2, 0.25) is 10.0 Å². The molecule has 0 N–H and O–H groups in total. The molecule has 2 aromatic carbocycles. The summed E-state index contributed by atoms with van der Waals surface area (Å²) in [5, 5.41) is 1.04. The average Bonchev–Trinajstić information content (AvgIpc) is 3.17. The van der Waals surface area contributed by atoms with E-state index < -0.39 is 5.92 Å². The number of benzene rings is 2. The molecule has 0 fully saturated rings. The fourth-order valence-corrected chi connectivity index (χ4v) is 4.92. The zero-order valence-electron chi connectivity index (χ0n) is 17.4. The summed E-state index contributed by atoms with van der Waals surface area (Å²) >= 11 is 12.3. The third kappa shape index (κ3) is 3.87. The van der Waals surface area contributed by atoms with Crippen molar-refractivity contribution in [3.8, 4) is 16.9 Å². The zero-order chi connectivity index (χ0) is 22.4. The van der Waals surface area contributed by atoms with Gasteiger partial charge in [-0.25, -0.2) is 0 Å². The number of hydrogen-bond acceptors (Lipinski definition) is 4. The molecule has 162 valence electrons. The predicted octanol–water partition coefficient (Wildman–Crippen LogP) is 5.39. The number of ether oxygens (including phenoxy) is 1. The van der Waals surface area contributed by atoms with Gasteiger partial charge in [-0.3, -0.25) is 14.6 Å². The smallest absolute Gasteiger partial charge is 0.228 e. The zero-order valence-corrected chi connectivity index (χ0v) is 18.9. The number of aryl methyl sites for hydroxylation is 1. The molecular formula is C25H20Cl2N2O3. The SMILES string of the molecule is Cc1ccc2c(c1)CCN2C(=O)CC1C(=O)COc2cc(-c3cc(Cl)cc(Cl)c3)cnc21. The van der Waals surface area contributed by atoms with Gasteiger partial charge in [-0.15, -0.1) is 0 Å². The van der Waals surface area contributed by atoms with Crippen LogP contribution < -0.4 is 9.64 Å². The maximum Gasteiger partial charge on any atom is 0.228 e. The number of rotatable bonds is 3. The number of hydrogen-bond donors (Lipinski definition) is 0. The molecule has 2 aliphatic rings. The normalized spacial score (nSPS) is 17.0. The van der Waals surface area contributed by atoms with E-state index in [9.17, 15) is 9.59 Å². The topological polar surface area (TPSA) is 59.5 Å². The van der Waals surface area contributed by atoms with E-state index in [1.54, 1.807) is 29.3 Å². The van der Waals surface area contributed by atoms with Crippen molar-refractivity contribution in [1.29, 1.82) is 0 Å². The molecule has 3 heterocycles. The lowest BCUT2D eigenvalue weighted by Crippen LogP contribution is -2.35. The van der Waals surface area contributed by atoms with Gasteiger partial charge in [-0.2, -0.15) is 0 Å². The molecule has 32 heavy (non-hydrogen) atoms. The Labute approximate surface area is 195 Å². The second-order valence-electron chi connectivity index (χ2n) is 8.20. The van der Waals surface area contributed by atoms with Gasteiger partial charge in [0, 0.05) is 40.5 Å². The molecule has 5 nitrogen and oxygen atoms in total. The molecule has 0 saturated carbocycles. The Morgan fingerprint density at radius 2 is 1.91 bits per heavy atom. The van der Waals surface area contributed by atoms with E-state index in [0.717, 1.165) is 23.2 Å². The van der Waals surface area contributed by atoms with Crippen LogP contribution in [0.4, 0.5) is 5.69 Å². The van der Waals surface area contributed by atoms with Crippen LogP contribution in [0.3, 0.4) is 0 Å². The van der Waals surface area contributed by atoms with Crippen LogP contribution in [-0.4, -0.2) is 29.8 Å². The maximum absolute atomic E-state index is 13.2. The number of fused-ring (bicyclic) bond motifs is 2. The number of halogens is 2. The lowest BCUT2D eigenvalue weighted by Gasteiger charge is -2.26. The van der Waals surface area contributed by atoms with E-state index >= 15 is 0 Å². The monoisotopic (exact) mass is 466 g/mol. The number of amides is 1. The number of Topliss-reactive ketones (excluding diaryl/α,β-unsaturated/α-hetero) is 1. The molecule has 1 unspecified atom stereocenters. The molecule has 3 aromatic rings. The highest BCUT2D eigenvalue weighted by molar-refractivity contribution is 6.35. The van der Waals surface area contributed by atoms with Crippen molar-refractivity contribution in [1.82, 2.24) is 4.98 Å². The van der Waals surface area contributed by atoms with E-state index in [1.165, 1.54) is 11.1 Å². The third-order valence-electron chi connectivity index (χ3n) is 5.98. The van der Waals surface area contributed by atoms with Crippen LogP contribution in [0, 0.1) is 6.92 Å². The van der Waals surface area contributed by atoms with Crippen molar-refractivity contribution in [2.45, 2.75) is 25.7 Å². The molecule has 0 aliphatic carbocycles. The van der Waals surface area contributed by atoms with Gasteiger partial charge in [0.25, 0.3) is 0 Å². The lowest BCUT2D eigenvalue weighted by atomic mass is 9.92. The van der Waals surface area contributed by atoms with E-state index in [4.69, 9.17) is 27.9 Å². The van der Waals surface area contributed by atoms with Crippen molar-refractivity contribution >= 4 is 40.6 Å². The second-order valence-corrected chi connectivity index (χ2v) is 9.08. The highest BCUT2D eigenvalue weighted by Crippen LogP contribution is 2.38. The summed E-state index contributed by atoms with van der Waals surface area (Å²) in [6.07, 6.45) is 2.55. The Morgan fingerprint density at radius 3 is 2.69 bits per heavy atom. The predicted molar refractivity (Wildman–Crippen MR) is 125 cm³/mol. The highest BCUT2D eigenvalue weighted by Gasteiger charge is 2.35. The van der Waals surface area contributed by atoms with Crippen LogP contribution in [0.25, 0.3) is 11.1 Å². The summed E-state index contributed by atoms with van der Waals surface area (Å²) in [6.45, 7) is 2.59. The van der Waals surface area contributed by atoms with E-state index in [1.807, 2.05) is 25.1 Å². The molecule has 1 aromatic heterocycles. The van der Waals surface area contributed by atoms with Gasteiger partial charge in [0.2, 0.25) is 5.91 Å². The Bertz CT molecular complexity index is 1240. The minimum Gasteiger partial charge on any atom is -0.484 e. The van der Waals surface area contributed by atoms with Crippen molar-refractivity contribution in [2.75, 3.05) is 18.1 Å². The number of anilines is 1. The van der Waals surface area contributed by atoms with Crippen LogP contribution in [0.15, 0.2) is 48.7 Å². The largest absolute Gasteiger partial charge is 0.484 e. The molecule has 7 heteroatoms. The fourth-order valence-electron chi connectivity index (χ4n) is 4.40. The summed E-state index contributed by atoms with van der Waals surface area (Å²) in [5.74, 6) is -0.335. The Kier molecular flexibility index (Phi) is 5.39. The number of carbonyl (C=O) groups is 2. The minimum atomic E-state index is -0.627. The van der Waals surface area contributed by atoms with Crippen LogP contribution in [0.5, 0.6) is 5.75 Å². The van der Waals surface area contributed by atoms with Crippen molar-refractivity contribution in [3.63, 3.8) is 0 Å². The summed E-state index contributed by atoms with van der Waals surface area (Å²) in [7, 11) is 0. The van der Waals surface area contributed by atoms with Gasteiger partial charge in [0.1, 0.15) is 12.4 Å². The van der Waals surface area contributed by atoms with E-state index in [0.29, 0.717) is 28.0 Å². The van der Waals surface area contributed by atoms with Gasteiger partial charge in [0.05, 0.1) is 11.6 Å². The summed E-state index contributed by atoms with van der Waals surface area (Å²) in [4.78, 5) is 32.1. The first kappa shape index (κ1) is 21.0. The lowest BCUT2D eigenvalue weighted by molar-refractivity contribution is -0.127. The first-order valence-electron chi connectivity index (χ1n) is 10.4. The van der Waals surface area contributed by atoms with Gasteiger partial charge in [-0.1, -0.05) is 40.9 Å². The van der Waals surface area contributed by atoms with Crippen molar-refractivity contribution < 1.29 is 14.3 Å². The van der Waals surface area contributed by atoms with Crippen LogP contribution in [0.1, 0.15) is 29.2 Å². The summed E-state index contributed by atoms with van der Waals surface area (Å²) in [6, 6.07) is 13.2. The first-order valence-corrected chi connectivity index (χ1v) is 11.2. The standard InChI is InChI=1S/C25H20Cl2N2O3/c1-14-2-3-21-15(6-14)4-5-29(21)24(31)11-20-22(30)13-32-23-9-17(12-28-25(20)23)16-7-18(26)10-19(27)8-16/h2-3,6-10,12,20H,4-5,11,13H2,1H3. The number of aromatic nitrogens is 1. The number of carbonyl (C=O) groups excluding carboxylic acids is 2. The molecule has 2 aliphatic heterocycles. The van der Waals surface area contributed by atoms with Gasteiger partial charge in [-0.05, 0) is 54.8 Å². The Morgan fingerprint density at radius 1 is 1.12 bits per heavy atom. The number of pyridine rings is 1. The molecule has 0 bridgehead atoms. The van der Waals surface area contributed by atoms with Crippen LogP contribution >= 0.6 is 23.2 Å². The molecule has 1 amide bonds. The Balaban J connectivity index is 1.42. The second kappa shape index (κ2) is 8.23. The quantitative estimate of drug-likeness (QED) is 0.519. The summed E-state index contributed by atoms with van der Waals surface area (Å²) < 4.78 is 5.66. The van der Waals surface area contributed by atoms with Crippen molar-refractivity contribution in [3.05, 3.63) is 75.5 Å². The van der Waals surface area contributed by atoms with Gasteiger partial charge in [0.15, 0.2) is 5.78 Å². The molecule has 0 spiro atoms. The van der Waals surface area contributed by atoms with Gasteiger partial charge >= 0.3 is 0 Å². The molecule has 1 atom stereocenters. The molecule has 5 rings (SSSR count).